The van der Waals surface area contributed by atoms with E-state index < -0.39 is 11.1 Å². The van der Waals surface area contributed by atoms with Crippen LogP contribution in [-0.4, -0.2) is 23.0 Å². The van der Waals surface area contributed by atoms with E-state index in [0.717, 1.165) is 31.4 Å². The molecule has 0 radical (unpaired) electrons. The lowest BCUT2D eigenvalue weighted by Gasteiger charge is -2.25. The van der Waals surface area contributed by atoms with Gasteiger partial charge in [0.1, 0.15) is 0 Å². The van der Waals surface area contributed by atoms with Crippen molar-refractivity contribution in [1.82, 2.24) is 0 Å². The third-order valence-corrected chi connectivity index (χ3v) is 4.14. The first kappa shape index (κ1) is 21.3. The van der Waals surface area contributed by atoms with Crippen molar-refractivity contribution < 1.29 is 13.1 Å². The summed E-state index contributed by atoms with van der Waals surface area (Å²) in [6, 6.07) is 7.56. The van der Waals surface area contributed by atoms with Gasteiger partial charge in [-0.25, -0.2) is 4.21 Å². The van der Waals surface area contributed by atoms with Crippen LogP contribution in [0.2, 0.25) is 0 Å². The summed E-state index contributed by atoms with van der Waals surface area (Å²) in [5, 5.41) is 0. The lowest BCUT2D eigenvalue weighted by molar-refractivity contribution is -0.0309. The molecular formula is C18H32O3S. The third-order valence-electron chi connectivity index (χ3n) is 3.10. The second kappa shape index (κ2) is 11.8. The van der Waals surface area contributed by atoms with Gasteiger partial charge >= 0.3 is 0 Å². The summed E-state index contributed by atoms with van der Waals surface area (Å²) in [6.07, 6.45) is 2.93. The van der Waals surface area contributed by atoms with Gasteiger partial charge in [-0.05, 0) is 39.3 Å². The number of benzene rings is 1. The van der Waals surface area contributed by atoms with Crippen molar-refractivity contribution in [2.45, 2.75) is 71.3 Å². The number of aryl methyl sites for hydroxylation is 1. The Morgan fingerprint density at radius 3 is 2.23 bits per heavy atom. The van der Waals surface area contributed by atoms with Gasteiger partial charge in [-0.1, -0.05) is 44.9 Å². The highest BCUT2D eigenvalue weighted by Gasteiger charge is 2.18. The monoisotopic (exact) mass is 328 g/mol. The van der Waals surface area contributed by atoms with Crippen LogP contribution < -0.4 is 0 Å². The van der Waals surface area contributed by atoms with Crippen molar-refractivity contribution >= 4 is 11.1 Å². The molecule has 3 nitrogen and oxygen atoms in total. The molecule has 0 aromatic heterocycles. The molecule has 0 amide bonds. The van der Waals surface area contributed by atoms with E-state index in [4.69, 9.17) is 8.92 Å². The lowest BCUT2D eigenvalue weighted by atomic mass is 10.1. The Bertz CT molecular complexity index is 413. The molecule has 0 heterocycles. The van der Waals surface area contributed by atoms with Crippen LogP contribution in [0.15, 0.2) is 29.2 Å². The van der Waals surface area contributed by atoms with Crippen LogP contribution in [0.5, 0.6) is 0 Å². The molecule has 1 rings (SSSR count). The summed E-state index contributed by atoms with van der Waals surface area (Å²) in [4.78, 5) is 0.709. The van der Waals surface area contributed by atoms with Gasteiger partial charge in [-0.3, -0.25) is 4.18 Å². The van der Waals surface area contributed by atoms with Crippen LogP contribution in [0.25, 0.3) is 0 Å². The maximum absolute atomic E-state index is 12.0. The highest BCUT2D eigenvalue weighted by Crippen LogP contribution is 2.17. The second-order valence-electron chi connectivity index (χ2n) is 5.58. The van der Waals surface area contributed by atoms with Crippen LogP contribution in [0, 0.1) is 6.92 Å². The topological polar surface area (TPSA) is 35.5 Å². The fourth-order valence-corrected chi connectivity index (χ4v) is 2.37. The maximum atomic E-state index is 12.0. The van der Waals surface area contributed by atoms with E-state index in [9.17, 15) is 4.21 Å². The standard InChI is InChI=1S/C16H26O3S.C2H6/c1-5-6-12-18-16(3,4)11-13-19-20(17)15-9-7-14(2)8-10-15;1-2/h7-10H,5-6,11-13H2,1-4H3;1-2H3. The fraction of sp³-hybridized carbons (Fsp3) is 0.667. The zero-order chi connectivity index (χ0) is 17.0. The predicted octanol–water partition coefficient (Wildman–Crippen LogP) is 5.05. The summed E-state index contributed by atoms with van der Waals surface area (Å²) in [5.41, 5.74) is 0.920. The summed E-state index contributed by atoms with van der Waals surface area (Å²) < 4.78 is 23.1. The predicted molar refractivity (Wildman–Crippen MR) is 94.4 cm³/mol. The van der Waals surface area contributed by atoms with E-state index in [1.807, 2.05) is 58.9 Å². The minimum atomic E-state index is -1.39. The molecule has 0 spiro atoms. The lowest BCUT2D eigenvalue weighted by Crippen LogP contribution is -2.27. The van der Waals surface area contributed by atoms with Crippen molar-refractivity contribution in [3.8, 4) is 0 Å². The van der Waals surface area contributed by atoms with Crippen LogP contribution >= 0.6 is 0 Å². The molecule has 0 bridgehead atoms. The number of hydrogen-bond acceptors (Lipinski definition) is 3. The number of hydrogen-bond donors (Lipinski definition) is 0. The average Bonchev–Trinajstić information content (AvgIpc) is 2.50. The van der Waals surface area contributed by atoms with Crippen LogP contribution in [0.4, 0.5) is 0 Å². The smallest absolute Gasteiger partial charge is 0.189 e. The van der Waals surface area contributed by atoms with Gasteiger partial charge in [0.15, 0.2) is 11.1 Å². The fourth-order valence-electron chi connectivity index (χ4n) is 1.65. The molecule has 0 aliphatic rings. The minimum Gasteiger partial charge on any atom is -0.375 e. The first-order valence-corrected chi connectivity index (χ1v) is 9.28. The summed E-state index contributed by atoms with van der Waals surface area (Å²) in [5.74, 6) is 0. The van der Waals surface area contributed by atoms with Gasteiger partial charge in [-0.2, -0.15) is 0 Å². The van der Waals surface area contributed by atoms with E-state index in [1.54, 1.807) is 0 Å². The van der Waals surface area contributed by atoms with Gasteiger partial charge in [0.2, 0.25) is 0 Å². The van der Waals surface area contributed by atoms with Gasteiger partial charge in [0, 0.05) is 13.0 Å². The molecule has 1 atom stereocenters. The van der Waals surface area contributed by atoms with Crippen molar-refractivity contribution in [2.24, 2.45) is 0 Å². The molecule has 1 aromatic carbocycles. The van der Waals surface area contributed by atoms with E-state index in [1.165, 1.54) is 0 Å². The van der Waals surface area contributed by atoms with E-state index in [-0.39, 0.29) is 5.60 Å². The second-order valence-corrected chi connectivity index (χ2v) is 6.76. The summed E-state index contributed by atoms with van der Waals surface area (Å²) in [7, 11) is 0. The largest absolute Gasteiger partial charge is 0.375 e. The molecule has 128 valence electrons. The Hall–Kier alpha value is -0.710. The van der Waals surface area contributed by atoms with Crippen molar-refractivity contribution in [1.29, 1.82) is 0 Å². The molecule has 1 unspecified atom stereocenters. The molecule has 0 aliphatic heterocycles. The van der Waals surface area contributed by atoms with Crippen molar-refractivity contribution in [2.75, 3.05) is 13.2 Å². The van der Waals surface area contributed by atoms with Gasteiger partial charge in [-0.15, -0.1) is 0 Å². The summed E-state index contributed by atoms with van der Waals surface area (Å²) >= 11 is -1.39. The molecule has 0 fully saturated rings. The van der Waals surface area contributed by atoms with E-state index >= 15 is 0 Å². The average molecular weight is 329 g/mol. The zero-order valence-corrected chi connectivity index (χ0v) is 15.8. The molecule has 0 N–H and O–H groups in total. The van der Waals surface area contributed by atoms with Crippen LogP contribution in [0.3, 0.4) is 0 Å². The third kappa shape index (κ3) is 9.34. The Balaban J connectivity index is 0.00000211. The van der Waals surface area contributed by atoms with E-state index in [0.29, 0.717) is 11.5 Å². The van der Waals surface area contributed by atoms with Gasteiger partial charge in [0.25, 0.3) is 0 Å². The normalized spacial score (nSPS) is 12.5. The quantitative estimate of drug-likeness (QED) is 0.595. The van der Waals surface area contributed by atoms with Crippen LogP contribution in [-0.2, 0) is 20.0 Å². The highest BCUT2D eigenvalue weighted by molar-refractivity contribution is 7.80. The Morgan fingerprint density at radius 1 is 1.09 bits per heavy atom. The van der Waals surface area contributed by atoms with E-state index in [2.05, 4.69) is 6.92 Å². The van der Waals surface area contributed by atoms with Gasteiger partial charge < -0.3 is 4.74 Å². The highest BCUT2D eigenvalue weighted by atomic mass is 32.2. The Morgan fingerprint density at radius 2 is 1.68 bits per heavy atom. The molecule has 0 aliphatic carbocycles. The van der Waals surface area contributed by atoms with Crippen molar-refractivity contribution in [3.05, 3.63) is 29.8 Å². The first-order valence-electron chi connectivity index (χ1n) is 8.20. The number of rotatable bonds is 9. The maximum Gasteiger partial charge on any atom is 0.189 e. The molecule has 0 saturated heterocycles. The molecule has 0 saturated carbocycles. The zero-order valence-electron chi connectivity index (χ0n) is 15.0. The van der Waals surface area contributed by atoms with Crippen molar-refractivity contribution in [3.63, 3.8) is 0 Å². The number of ether oxygens (including phenoxy) is 1. The molecule has 22 heavy (non-hydrogen) atoms. The Kier molecular flexibility index (Phi) is 11.4. The molecule has 4 heteroatoms. The van der Waals surface area contributed by atoms with Gasteiger partial charge in [0.05, 0.1) is 17.1 Å². The SMILES string of the molecule is CC.CCCCOC(C)(C)CCOS(=O)c1ccc(C)cc1. The molecular weight excluding hydrogens is 296 g/mol. The Labute approximate surface area is 139 Å². The molecule has 1 aromatic rings. The summed E-state index contributed by atoms with van der Waals surface area (Å²) in [6.45, 7) is 13.4. The minimum absolute atomic E-state index is 0.230. The van der Waals surface area contributed by atoms with Crippen LogP contribution in [0.1, 0.15) is 59.4 Å². The first-order chi connectivity index (χ1) is 10.4. The number of unbranched alkanes of at least 4 members (excludes halogenated alkanes) is 1.